The molecule has 0 radical (unpaired) electrons. The first-order valence-electron chi connectivity index (χ1n) is 5.58. The van der Waals surface area contributed by atoms with Crippen LogP contribution in [-0.4, -0.2) is 37.2 Å². The summed E-state index contributed by atoms with van der Waals surface area (Å²) in [5.74, 6) is -0.220. The first kappa shape index (κ1) is 15.3. The molecule has 1 atom stereocenters. The van der Waals surface area contributed by atoms with E-state index >= 15 is 0 Å². The van der Waals surface area contributed by atoms with Gasteiger partial charge >= 0.3 is 0 Å². The molecule has 0 bridgehead atoms. The molecular weight excluding hydrogens is 272 g/mol. The number of ketones is 1. The zero-order chi connectivity index (χ0) is 13.9. The molecule has 0 saturated heterocycles. The second kappa shape index (κ2) is 5.90. The molecule has 1 rings (SSSR count). The van der Waals surface area contributed by atoms with E-state index in [0.717, 1.165) is 21.8 Å². The Morgan fingerprint density at radius 2 is 2.06 bits per heavy atom. The fourth-order valence-electron chi connectivity index (χ4n) is 1.40. The second-order valence-corrected chi connectivity index (χ2v) is 7.96. The van der Waals surface area contributed by atoms with Crippen molar-refractivity contribution in [2.75, 3.05) is 12.0 Å². The molecule has 0 saturated carbocycles. The van der Waals surface area contributed by atoms with Crippen LogP contribution in [0.4, 0.5) is 0 Å². The van der Waals surface area contributed by atoms with Crippen molar-refractivity contribution in [2.45, 2.75) is 32.7 Å². The summed E-state index contributed by atoms with van der Waals surface area (Å²) < 4.78 is 22.0. The van der Waals surface area contributed by atoms with Gasteiger partial charge in [-0.25, -0.2) is 13.4 Å². The number of nitrogens with zero attached hydrogens (tertiary/aromatic N) is 1. The van der Waals surface area contributed by atoms with Crippen LogP contribution in [0.3, 0.4) is 0 Å². The molecule has 5 nitrogen and oxygen atoms in total. The summed E-state index contributed by atoms with van der Waals surface area (Å²) in [7, 11) is -3.07. The number of sulfone groups is 1. The lowest BCUT2D eigenvalue weighted by Gasteiger charge is -2.08. The molecule has 0 aliphatic heterocycles. The molecule has 102 valence electrons. The molecule has 1 heterocycles. The highest BCUT2D eigenvalue weighted by molar-refractivity contribution is 7.90. The zero-order valence-electron chi connectivity index (χ0n) is 10.8. The minimum absolute atomic E-state index is 0.0597. The average molecular weight is 290 g/mol. The highest BCUT2D eigenvalue weighted by Gasteiger charge is 2.18. The summed E-state index contributed by atoms with van der Waals surface area (Å²) in [5.41, 5.74) is 6.60. The van der Waals surface area contributed by atoms with Crippen molar-refractivity contribution in [3.05, 3.63) is 15.6 Å². The van der Waals surface area contributed by atoms with Crippen molar-refractivity contribution in [2.24, 2.45) is 5.73 Å². The van der Waals surface area contributed by atoms with Gasteiger partial charge in [0, 0.05) is 11.1 Å². The molecule has 1 unspecified atom stereocenters. The van der Waals surface area contributed by atoms with Crippen LogP contribution < -0.4 is 5.73 Å². The number of Topliss-reactive ketones (excluding diaryl/α,β-unsaturated/α-hetero) is 1. The summed E-state index contributed by atoms with van der Waals surface area (Å²) in [6, 6.07) is -0.732. The van der Waals surface area contributed by atoms with Crippen LogP contribution >= 0.6 is 11.3 Å². The Labute approximate surface area is 111 Å². The van der Waals surface area contributed by atoms with E-state index in [2.05, 4.69) is 4.98 Å². The number of thiazole rings is 1. The normalized spacial score (nSPS) is 13.6. The molecule has 1 aromatic heterocycles. The van der Waals surface area contributed by atoms with Gasteiger partial charge in [0.1, 0.15) is 14.8 Å². The molecule has 0 aliphatic carbocycles. The van der Waals surface area contributed by atoms with Crippen molar-refractivity contribution in [1.82, 2.24) is 4.98 Å². The smallest absolute Gasteiger partial charge is 0.156 e. The van der Waals surface area contributed by atoms with Crippen LogP contribution in [0.5, 0.6) is 0 Å². The van der Waals surface area contributed by atoms with E-state index < -0.39 is 15.9 Å². The predicted molar refractivity (Wildman–Crippen MR) is 72.6 cm³/mol. The molecular formula is C11H18N2O3S2. The number of carbonyl (C=O) groups is 1. The monoisotopic (exact) mass is 290 g/mol. The number of hydrogen-bond acceptors (Lipinski definition) is 6. The Morgan fingerprint density at radius 3 is 2.50 bits per heavy atom. The number of hydrogen-bond donors (Lipinski definition) is 1. The van der Waals surface area contributed by atoms with Crippen LogP contribution in [0.2, 0.25) is 0 Å². The van der Waals surface area contributed by atoms with Gasteiger partial charge in [0.25, 0.3) is 0 Å². The van der Waals surface area contributed by atoms with Crippen molar-refractivity contribution >= 4 is 27.0 Å². The van der Waals surface area contributed by atoms with Gasteiger partial charge in [-0.05, 0) is 20.3 Å². The lowest BCUT2D eigenvalue weighted by molar-refractivity contribution is -0.119. The van der Waals surface area contributed by atoms with Gasteiger partial charge < -0.3 is 5.73 Å². The lowest BCUT2D eigenvalue weighted by atomic mass is 10.1. The van der Waals surface area contributed by atoms with Crippen LogP contribution in [0.15, 0.2) is 0 Å². The largest absolute Gasteiger partial charge is 0.321 e. The highest BCUT2D eigenvalue weighted by atomic mass is 32.2. The van der Waals surface area contributed by atoms with Gasteiger partial charge in [0.2, 0.25) is 0 Å². The summed E-state index contributed by atoms with van der Waals surface area (Å²) in [6.07, 6.45) is 1.49. The standard InChI is InChI=1S/C11H18N2O3S2/c1-7-8(2)17-11(13-7)6-10(14)9(12)4-5-18(3,15)16/h9H,4-6,12H2,1-3H3. The van der Waals surface area contributed by atoms with E-state index in [0.29, 0.717) is 0 Å². The van der Waals surface area contributed by atoms with E-state index in [9.17, 15) is 13.2 Å². The topological polar surface area (TPSA) is 90.1 Å². The summed E-state index contributed by atoms with van der Waals surface area (Å²) in [6.45, 7) is 3.84. The maximum atomic E-state index is 11.8. The Hall–Kier alpha value is -0.790. The SMILES string of the molecule is Cc1nc(CC(=O)C(N)CCS(C)(=O)=O)sc1C. The van der Waals surface area contributed by atoms with E-state index in [4.69, 9.17) is 5.73 Å². The molecule has 0 spiro atoms. The summed E-state index contributed by atoms with van der Waals surface area (Å²) in [4.78, 5) is 17.1. The number of rotatable bonds is 6. The van der Waals surface area contributed by atoms with Crippen molar-refractivity contribution in [3.8, 4) is 0 Å². The summed E-state index contributed by atoms with van der Waals surface area (Å²) in [5, 5.41) is 0.741. The Bertz CT molecular complexity index is 515. The van der Waals surface area contributed by atoms with Gasteiger partial charge in [-0.3, -0.25) is 4.79 Å². The molecule has 0 aromatic carbocycles. The van der Waals surface area contributed by atoms with E-state index in [1.165, 1.54) is 11.3 Å². The third kappa shape index (κ3) is 4.83. The predicted octanol–water partition coefficient (Wildman–Crippen LogP) is 0.634. The number of carbonyl (C=O) groups excluding carboxylic acids is 1. The highest BCUT2D eigenvalue weighted by Crippen LogP contribution is 2.17. The fourth-order valence-corrected chi connectivity index (χ4v) is 3.02. The van der Waals surface area contributed by atoms with E-state index in [1.807, 2.05) is 13.8 Å². The maximum Gasteiger partial charge on any atom is 0.156 e. The fraction of sp³-hybridized carbons (Fsp3) is 0.636. The minimum atomic E-state index is -3.07. The van der Waals surface area contributed by atoms with Gasteiger partial charge in [-0.2, -0.15) is 0 Å². The lowest BCUT2D eigenvalue weighted by Crippen LogP contribution is -2.33. The molecule has 0 aliphatic rings. The first-order valence-corrected chi connectivity index (χ1v) is 8.45. The molecule has 18 heavy (non-hydrogen) atoms. The Balaban J connectivity index is 2.55. The zero-order valence-corrected chi connectivity index (χ0v) is 12.4. The van der Waals surface area contributed by atoms with Gasteiger partial charge in [0.15, 0.2) is 5.78 Å². The van der Waals surface area contributed by atoms with Crippen molar-refractivity contribution < 1.29 is 13.2 Å². The third-order valence-electron chi connectivity index (χ3n) is 2.61. The van der Waals surface area contributed by atoms with Crippen LogP contribution in [0.25, 0.3) is 0 Å². The Morgan fingerprint density at radius 1 is 1.44 bits per heavy atom. The number of aromatic nitrogens is 1. The first-order chi connectivity index (χ1) is 8.19. The second-order valence-electron chi connectivity index (χ2n) is 4.42. The molecule has 0 fully saturated rings. The van der Waals surface area contributed by atoms with Crippen LogP contribution in [0, 0.1) is 13.8 Å². The van der Waals surface area contributed by atoms with Crippen molar-refractivity contribution in [3.63, 3.8) is 0 Å². The van der Waals surface area contributed by atoms with Crippen molar-refractivity contribution in [1.29, 1.82) is 0 Å². The molecule has 7 heteroatoms. The average Bonchev–Trinajstić information content (AvgIpc) is 2.53. The van der Waals surface area contributed by atoms with Gasteiger partial charge in [-0.1, -0.05) is 0 Å². The van der Waals surface area contributed by atoms with E-state index in [-0.39, 0.29) is 24.4 Å². The number of aryl methyl sites for hydroxylation is 2. The summed E-state index contributed by atoms with van der Waals surface area (Å²) >= 11 is 1.48. The van der Waals surface area contributed by atoms with Crippen LogP contribution in [-0.2, 0) is 21.1 Å². The molecule has 2 N–H and O–H groups in total. The van der Waals surface area contributed by atoms with Crippen LogP contribution in [0.1, 0.15) is 22.0 Å². The molecule has 0 amide bonds. The quantitative estimate of drug-likeness (QED) is 0.830. The maximum absolute atomic E-state index is 11.8. The van der Waals surface area contributed by atoms with Gasteiger partial charge in [-0.15, -0.1) is 11.3 Å². The minimum Gasteiger partial charge on any atom is -0.321 e. The number of nitrogens with two attached hydrogens (primary N) is 1. The van der Waals surface area contributed by atoms with Gasteiger partial charge in [0.05, 0.1) is 23.9 Å². The Kier molecular flexibility index (Phi) is 5.01. The molecule has 1 aromatic rings. The van der Waals surface area contributed by atoms with E-state index in [1.54, 1.807) is 0 Å². The third-order valence-corrected chi connectivity index (χ3v) is 4.66.